The van der Waals surface area contributed by atoms with Crippen LogP contribution in [0.3, 0.4) is 0 Å². The Bertz CT molecular complexity index is 539. The summed E-state index contributed by atoms with van der Waals surface area (Å²) in [6, 6.07) is 5.99. The molecule has 0 aliphatic heterocycles. The second-order valence-corrected chi connectivity index (χ2v) is 4.94. The second kappa shape index (κ2) is 5.91. The van der Waals surface area contributed by atoms with E-state index in [9.17, 15) is 0 Å². The van der Waals surface area contributed by atoms with Crippen molar-refractivity contribution in [3.05, 3.63) is 29.0 Å². The summed E-state index contributed by atoms with van der Waals surface area (Å²) in [5, 5.41) is 0.709. The minimum absolute atomic E-state index is 0.253. The van der Waals surface area contributed by atoms with Crippen molar-refractivity contribution < 1.29 is 4.74 Å². The van der Waals surface area contributed by atoms with Crippen molar-refractivity contribution in [2.45, 2.75) is 25.3 Å². The number of imidazole rings is 1. The quantitative estimate of drug-likeness (QED) is 0.776. The van der Waals surface area contributed by atoms with Gasteiger partial charge in [0.15, 0.2) is 0 Å². The van der Waals surface area contributed by atoms with Gasteiger partial charge in [-0.15, -0.1) is 11.6 Å². The van der Waals surface area contributed by atoms with Crippen molar-refractivity contribution in [3.63, 3.8) is 0 Å². The molecule has 5 heteroatoms. The minimum atomic E-state index is 0.253. The molecule has 1 unspecified atom stereocenters. The zero-order valence-electron chi connectivity index (χ0n) is 10.5. The third-order valence-corrected chi connectivity index (χ3v) is 3.58. The highest BCUT2D eigenvalue weighted by molar-refractivity contribution is 6.35. The third-order valence-electron chi connectivity index (χ3n) is 3.03. The molecule has 0 N–H and O–H groups in total. The molecule has 0 spiro atoms. The normalized spacial score (nSPS) is 13.1. The number of nitrogens with zero attached hydrogens (tertiary/aromatic N) is 2. The van der Waals surface area contributed by atoms with Crippen LogP contribution in [0.5, 0.6) is 0 Å². The van der Waals surface area contributed by atoms with Crippen molar-refractivity contribution in [1.82, 2.24) is 9.55 Å². The van der Waals surface area contributed by atoms with Gasteiger partial charge in [0.2, 0.25) is 0 Å². The first kappa shape index (κ1) is 13.7. The lowest BCUT2D eigenvalue weighted by Crippen LogP contribution is -2.11. The van der Waals surface area contributed by atoms with Crippen LogP contribution >= 0.6 is 23.2 Å². The van der Waals surface area contributed by atoms with E-state index < -0.39 is 0 Å². The summed E-state index contributed by atoms with van der Waals surface area (Å²) in [6.45, 7) is 2.83. The summed E-state index contributed by atoms with van der Waals surface area (Å²) >= 11 is 12.3. The molecule has 0 saturated carbocycles. The van der Waals surface area contributed by atoms with Gasteiger partial charge in [-0.2, -0.15) is 0 Å². The van der Waals surface area contributed by atoms with E-state index in [4.69, 9.17) is 27.9 Å². The number of para-hydroxylation sites is 1. The zero-order valence-corrected chi connectivity index (χ0v) is 12.0. The van der Waals surface area contributed by atoms with Gasteiger partial charge >= 0.3 is 0 Å². The number of rotatable bonds is 5. The van der Waals surface area contributed by atoms with Crippen LogP contribution in [0.15, 0.2) is 18.2 Å². The summed E-state index contributed by atoms with van der Waals surface area (Å²) in [4.78, 5) is 4.53. The average molecular weight is 287 g/mol. The Labute approximate surface area is 117 Å². The predicted molar refractivity (Wildman–Crippen MR) is 75.5 cm³/mol. The SMILES string of the molecule is COCCC(C)n1c(CCl)nc2cccc(Cl)c21. The molecule has 0 aliphatic carbocycles. The lowest BCUT2D eigenvalue weighted by atomic mass is 10.2. The minimum Gasteiger partial charge on any atom is -0.385 e. The van der Waals surface area contributed by atoms with Crippen LogP contribution in [-0.2, 0) is 10.6 Å². The van der Waals surface area contributed by atoms with E-state index >= 15 is 0 Å². The first-order valence-corrected chi connectivity index (χ1v) is 6.80. The molecule has 0 fully saturated rings. The molecule has 1 heterocycles. The van der Waals surface area contributed by atoms with Gasteiger partial charge in [-0.25, -0.2) is 4.98 Å². The molecule has 0 bridgehead atoms. The Morgan fingerprint density at radius 3 is 2.89 bits per heavy atom. The topological polar surface area (TPSA) is 27.1 Å². The van der Waals surface area contributed by atoms with E-state index in [1.807, 2.05) is 18.2 Å². The van der Waals surface area contributed by atoms with Gasteiger partial charge in [0, 0.05) is 19.8 Å². The van der Waals surface area contributed by atoms with E-state index in [-0.39, 0.29) is 6.04 Å². The molecule has 18 heavy (non-hydrogen) atoms. The Balaban J connectivity index is 2.52. The number of fused-ring (bicyclic) bond motifs is 1. The number of ether oxygens (including phenoxy) is 1. The van der Waals surface area contributed by atoms with Crippen molar-refractivity contribution in [2.75, 3.05) is 13.7 Å². The molecule has 1 aromatic heterocycles. The van der Waals surface area contributed by atoms with Crippen molar-refractivity contribution >= 4 is 34.2 Å². The summed E-state index contributed by atoms with van der Waals surface area (Å²) < 4.78 is 7.24. The van der Waals surface area contributed by atoms with Crippen molar-refractivity contribution in [3.8, 4) is 0 Å². The number of alkyl halides is 1. The number of benzene rings is 1. The highest BCUT2D eigenvalue weighted by Gasteiger charge is 2.17. The van der Waals surface area contributed by atoms with E-state index in [0.717, 1.165) is 23.3 Å². The maximum atomic E-state index is 6.28. The van der Waals surface area contributed by atoms with Gasteiger partial charge in [-0.3, -0.25) is 0 Å². The van der Waals surface area contributed by atoms with Gasteiger partial charge in [0.05, 0.1) is 21.9 Å². The fraction of sp³-hybridized carbons (Fsp3) is 0.462. The highest BCUT2D eigenvalue weighted by atomic mass is 35.5. The molecule has 1 aromatic carbocycles. The molecule has 98 valence electrons. The van der Waals surface area contributed by atoms with Crippen molar-refractivity contribution in [2.24, 2.45) is 0 Å². The van der Waals surface area contributed by atoms with Gasteiger partial charge < -0.3 is 9.30 Å². The fourth-order valence-electron chi connectivity index (χ4n) is 2.14. The standard InChI is InChI=1S/C13H16Cl2N2O/c1-9(6-7-18-2)17-12(8-14)16-11-5-3-4-10(15)13(11)17/h3-5,9H,6-8H2,1-2H3. The Hall–Kier alpha value is -0.770. The molecular formula is C13H16Cl2N2O. The third kappa shape index (κ3) is 2.48. The molecular weight excluding hydrogens is 271 g/mol. The molecule has 0 radical (unpaired) electrons. The first-order chi connectivity index (χ1) is 8.69. The predicted octanol–water partition coefficient (Wildman–Crippen LogP) is 4.03. The van der Waals surface area contributed by atoms with Gasteiger partial charge in [-0.05, 0) is 25.5 Å². The number of aromatic nitrogens is 2. The molecule has 3 nitrogen and oxygen atoms in total. The van der Waals surface area contributed by atoms with E-state index in [1.165, 1.54) is 0 Å². The van der Waals surface area contributed by atoms with Crippen LogP contribution in [0.4, 0.5) is 0 Å². The highest BCUT2D eigenvalue weighted by Crippen LogP contribution is 2.29. The van der Waals surface area contributed by atoms with Crippen LogP contribution in [0.2, 0.25) is 5.02 Å². The second-order valence-electron chi connectivity index (χ2n) is 4.27. The molecule has 0 saturated heterocycles. The van der Waals surface area contributed by atoms with Crippen LogP contribution in [0.1, 0.15) is 25.2 Å². The van der Waals surface area contributed by atoms with Crippen LogP contribution in [-0.4, -0.2) is 23.3 Å². The lowest BCUT2D eigenvalue weighted by molar-refractivity contribution is 0.181. The van der Waals surface area contributed by atoms with E-state index in [1.54, 1.807) is 7.11 Å². The van der Waals surface area contributed by atoms with Crippen LogP contribution in [0, 0.1) is 0 Å². The maximum absolute atomic E-state index is 6.28. The number of hydrogen-bond donors (Lipinski definition) is 0. The lowest BCUT2D eigenvalue weighted by Gasteiger charge is -2.17. The fourth-order valence-corrected chi connectivity index (χ4v) is 2.59. The summed E-state index contributed by atoms with van der Waals surface area (Å²) in [7, 11) is 1.70. The summed E-state index contributed by atoms with van der Waals surface area (Å²) in [5.41, 5.74) is 1.85. The smallest absolute Gasteiger partial charge is 0.125 e. The van der Waals surface area contributed by atoms with E-state index in [2.05, 4.69) is 16.5 Å². The Morgan fingerprint density at radius 2 is 2.22 bits per heavy atom. The monoisotopic (exact) mass is 286 g/mol. The molecule has 0 amide bonds. The van der Waals surface area contributed by atoms with E-state index in [0.29, 0.717) is 17.5 Å². The summed E-state index contributed by atoms with van der Waals surface area (Å²) in [6.07, 6.45) is 0.900. The molecule has 2 rings (SSSR count). The average Bonchev–Trinajstić information content (AvgIpc) is 2.76. The molecule has 0 aliphatic rings. The number of hydrogen-bond acceptors (Lipinski definition) is 2. The largest absolute Gasteiger partial charge is 0.385 e. The Morgan fingerprint density at radius 1 is 1.44 bits per heavy atom. The van der Waals surface area contributed by atoms with Gasteiger partial charge in [0.25, 0.3) is 0 Å². The maximum Gasteiger partial charge on any atom is 0.125 e. The van der Waals surface area contributed by atoms with Crippen LogP contribution in [0.25, 0.3) is 11.0 Å². The summed E-state index contributed by atoms with van der Waals surface area (Å²) in [5.74, 6) is 1.23. The van der Waals surface area contributed by atoms with Gasteiger partial charge in [-0.1, -0.05) is 17.7 Å². The van der Waals surface area contributed by atoms with Crippen LogP contribution < -0.4 is 0 Å². The number of methoxy groups -OCH3 is 1. The first-order valence-electron chi connectivity index (χ1n) is 5.89. The zero-order chi connectivity index (χ0) is 13.1. The van der Waals surface area contributed by atoms with Gasteiger partial charge in [0.1, 0.15) is 5.82 Å². The number of halogens is 2. The molecule has 2 aromatic rings. The van der Waals surface area contributed by atoms with Crippen molar-refractivity contribution in [1.29, 1.82) is 0 Å². The Kier molecular flexibility index (Phi) is 4.49. The molecule has 1 atom stereocenters.